The Kier molecular flexibility index (Phi) is 4.49. The zero-order chi connectivity index (χ0) is 15.4. The Morgan fingerprint density at radius 1 is 1.48 bits per heavy atom. The predicted molar refractivity (Wildman–Crippen MR) is 76.0 cm³/mol. The average Bonchev–Trinajstić information content (AvgIpc) is 2.93. The number of halogens is 1. The number of benzene rings is 1. The summed E-state index contributed by atoms with van der Waals surface area (Å²) in [7, 11) is 1.55. The van der Waals surface area contributed by atoms with Crippen LogP contribution in [0.25, 0.3) is 0 Å². The van der Waals surface area contributed by atoms with Crippen molar-refractivity contribution < 1.29 is 19.1 Å². The number of carbonyl (C=O) groups is 2. The van der Waals surface area contributed by atoms with Crippen LogP contribution in [0.15, 0.2) is 29.1 Å². The molecular formula is C13H12FN3O3S. The van der Waals surface area contributed by atoms with E-state index in [1.807, 2.05) is 5.38 Å². The zero-order valence-electron chi connectivity index (χ0n) is 11.0. The average molecular weight is 309 g/mol. The third-order valence-corrected chi connectivity index (χ3v) is 3.32. The molecule has 0 atom stereocenters. The quantitative estimate of drug-likeness (QED) is 0.909. The van der Waals surface area contributed by atoms with Gasteiger partial charge in [-0.25, -0.2) is 19.0 Å². The highest BCUT2D eigenvalue weighted by Crippen LogP contribution is 2.18. The molecule has 0 fully saturated rings. The van der Waals surface area contributed by atoms with Crippen molar-refractivity contribution in [3.05, 3.63) is 46.2 Å². The number of nitrogens with one attached hydrogen (secondary N) is 1. The summed E-state index contributed by atoms with van der Waals surface area (Å²) in [4.78, 5) is 28.5. The summed E-state index contributed by atoms with van der Waals surface area (Å²) in [6.45, 7) is 0.291. The first-order valence-electron chi connectivity index (χ1n) is 5.89. The molecule has 21 heavy (non-hydrogen) atoms. The van der Waals surface area contributed by atoms with Crippen molar-refractivity contribution in [2.45, 2.75) is 6.54 Å². The minimum absolute atomic E-state index is 0.0408. The molecule has 6 nitrogen and oxygen atoms in total. The van der Waals surface area contributed by atoms with Gasteiger partial charge in [-0.05, 0) is 18.2 Å². The van der Waals surface area contributed by atoms with E-state index in [9.17, 15) is 14.0 Å². The molecule has 110 valence electrons. The van der Waals surface area contributed by atoms with Crippen LogP contribution in [-0.4, -0.2) is 34.0 Å². The first-order chi connectivity index (χ1) is 9.97. The summed E-state index contributed by atoms with van der Waals surface area (Å²) >= 11 is 1.42. The summed E-state index contributed by atoms with van der Waals surface area (Å²) < 4.78 is 13.1. The van der Waals surface area contributed by atoms with E-state index < -0.39 is 17.8 Å². The van der Waals surface area contributed by atoms with Gasteiger partial charge in [0.25, 0.3) is 0 Å². The Balaban J connectivity index is 2.10. The lowest BCUT2D eigenvalue weighted by Gasteiger charge is -2.17. The monoisotopic (exact) mass is 309 g/mol. The molecule has 2 N–H and O–H groups in total. The molecule has 0 aliphatic heterocycles. The fraction of sp³-hybridized carbons (Fsp3) is 0.154. The van der Waals surface area contributed by atoms with E-state index in [-0.39, 0.29) is 11.3 Å². The van der Waals surface area contributed by atoms with Crippen molar-refractivity contribution in [2.24, 2.45) is 0 Å². The molecular weight excluding hydrogens is 297 g/mol. The van der Waals surface area contributed by atoms with Gasteiger partial charge in [0.1, 0.15) is 5.82 Å². The molecule has 8 heteroatoms. The molecule has 0 aliphatic rings. The van der Waals surface area contributed by atoms with Crippen molar-refractivity contribution in [1.29, 1.82) is 0 Å². The largest absolute Gasteiger partial charge is 0.478 e. The van der Waals surface area contributed by atoms with Gasteiger partial charge < -0.3 is 15.3 Å². The van der Waals surface area contributed by atoms with Crippen LogP contribution in [0.3, 0.4) is 0 Å². The van der Waals surface area contributed by atoms with Gasteiger partial charge in [-0.2, -0.15) is 0 Å². The Morgan fingerprint density at radius 3 is 2.86 bits per heavy atom. The minimum Gasteiger partial charge on any atom is -0.478 e. The third kappa shape index (κ3) is 3.76. The molecule has 0 bridgehead atoms. The maximum Gasteiger partial charge on any atom is 0.337 e. The summed E-state index contributed by atoms with van der Waals surface area (Å²) in [5.74, 6) is -1.99. The number of aromatic nitrogens is 1. The summed E-state index contributed by atoms with van der Waals surface area (Å²) in [6, 6.07) is 2.66. The van der Waals surface area contributed by atoms with Crippen LogP contribution >= 0.6 is 11.3 Å². The van der Waals surface area contributed by atoms with Gasteiger partial charge in [0.2, 0.25) is 0 Å². The molecule has 2 amide bonds. The third-order valence-electron chi connectivity index (χ3n) is 2.68. The lowest BCUT2D eigenvalue weighted by atomic mass is 10.1. The SMILES string of the molecule is CN(Cc1cscn1)C(=O)Nc1ccc(F)cc1C(=O)O. The number of carboxylic acids is 1. The maximum atomic E-state index is 13.1. The van der Waals surface area contributed by atoms with Gasteiger partial charge in [0, 0.05) is 12.4 Å². The van der Waals surface area contributed by atoms with E-state index in [0.29, 0.717) is 6.54 Å². The number of hydrogen-bond donors (Lipinski definition) is 2. The van der Waals surface area contributed by atoms with Gasteiger partial charge >= 0.3 is 12.0 Å². The number of thiazole rings is 1. The van der Waals surface area contributed by atoms with E-state index in [1.54, 1.807) is 12.6 Å². The molecule has 1 aromatic heterocycles. The number of carboxylic acid groups (broad SMARTS) is 1. The van der Waals surface area contributed by atoms with E-state index in [2.05, 4.69) is 10.3 Å². The molecule has 0 spiro atoms. The van der Waals surface area contributed by atoms with Crippen LogP contribution in [0.5, 0.6) is 0 Å². The van der Waals surface area contributed by atoms with E-state index >= 15 is 0 Å². The molecule has 2 rings (SSSR count). The van der Waals surface area contributed by atoms with Crippen molar-refractivity contribution >= 4 is 29.0 Å². The lowest BCUT2D eigenvalue weighted by Crippen LogP contribution is -2.31. The van der Waals surface area contributed by atoms with E-state index in [4.69, 9.17) is 5.11 Å². The Labute approximate surface area is 123 Å². The van der Waals surface area contributed by atoms with Crippen LogP contribution in [-0.2, 0) is 6.54 Å². The number of nitrogens with zero attached hydrogens (tertiary/aromatic N) is 2. The number of aromatic carboxylic acids is 1. The smallest absolute Gasteiger partial charge is 0.337 e. The Morgan fingerprint density at radius 2 is 2.24 bits per heavy atom. The second-order valence-corrected chi connectivity index (χ2v) is 4.98. The van der Waals surface area contributed by atoms with Crippen molar-refractivity contribution in [2.75, 3.05) is 12.4 Å². The lowest BCUT2D eigenvalue weighted by molar-refractivity contribution is 0.0697. The fourth-order valence-corrected chi connectivity index (χ4v) is 2.19. The number of rotatable bonds is 4. The molecule has 0 unspecified atom stereocenters. The second kappa shape index (κ2) is 6.31. The Hall–Kier alpha value is -2.48. The normalized spacial score (nSPS) is 10.2. The fourth-order valence-electron chi connectivity index (χ4n) is 1.64. The topological polar surface area (TPSA) is 82.5 Å². The van der Waals surface area contributed by atoms with Crippen LogP contribution in [0.1, 0.15) is 16.1 Å². The van der Waals surface area contributed by atoms with Crippen molar-refractivity contribution in [3.63, 3.8) is 0 Å². The highest BCUT2D eigenvalue weighted by molar-refractivity contribution is 7.07. The highest BCUT2D eigenvalue weighted by Gasteiger charge is 2.16. The first kappa shape index (κ1) is 14.9. The number of anilines is 1. The van der Waals surface area contributed by atoms with Gasteiger partial charge in [-0.3, -0.25) is 0 Å². The standard InChI is InChI=1S/C13H12FN3O3S/c1-17(5-9-6-21-7-15-9)13(20)16-11-3-2-8(14)4-10(11)12(18)19/h2-4,6-7H,5H2,1H3,(H,16,20)(H,18,19). The molecule has 0 aliphatic carbocycles. The van der Waals surface area contributed by atoms with Crippen molar-refractivity contribution in [3.8, 4) is 0 Å². The van der Waals surface area contributed by atoms with Gasteiger partial charge in [-0.15, -0.1) is 11.3 Å². The van der Waals surface area contributed by atoms with Crippen LogP contribution in [0.2, 0.25) is 0 Å². The van der Waals surface area contributed by atoms with E-state index in [0.717, 1.165) is 17.8 Å². The number of carbonyl (C=O) groups excluding carboxylic acids is 1. The number of hydrogen-bond acceptors (Lipinski definition) is 4. The van der Waals surface area contributed by atoms with Gasteiger partial charge in [0.15, 0.2) is 0 Å². The summed E-state index contributed by atoms with van der Waals surface area (Å²) in [6.07, 6.45) is 0. The maximum absolute atomic E-state index is 13.1. The van der Waals surface area contributed by atoms with Crippen LogP contribution < -0.4 is 5.32 Å². The molecule has 0 radical (unpaired) electrons. The number of urea groups is 1. The van der Waals surface area contributed by atoms with E-state index in [1.165, 1.54) is 22.3 Å². The zero-order valence-corrected chi connectivity index (χ0v) is 11.9. The van der Waals surface area contributed by atoms with Crippen LogP contribution in [0.4, 0.5) is 14.9 Å². The first-order valence-corrected chi connectivity index (χ1v) is 6.83. The number of amides is 2. The van der Waals surface area contributed by atoms with Gasteiger partial charge in [0.05, 0.1) is 29.0 Å². The summed E-state index contributed by atoms with van der Waals surface area (Å²) in [5, 5.41) is 13.3. The molecule has 0 saturated carbocycles. The minimum atomic E-state index is -1.31. The highest BCUT2D eigenvalue weighted by atomic mass is 32.1. The summed E-state index contributed by atoms with van der Waals surface area (Å²) in [5.41, 5.74) is 2.13. The Bertz CT molecular complexity index is 661. The molecule has 0 saturated heterocycles. The molecule has 1 heterocycles. The molecule has 1 aromatic carbocycles. The van der Waals surface area contributed by atoms with Crippen molar-refractivity contribution in [1.82, 2.24) is 9.88 Å². The second-order valence-electron chi connectivity index (χ2n) is 4.26. The molecule has 2 aromatic rings. The van der Waals surface area contributed by atoms with Crippen LogP contribution in [0, 0.1) is 5.82 Å². The van der Waals surface area contributed by atoms with Gasteiger partial charge in [-0.1, -0.05) is 0 Å². The predicted octanol–water partition coefficient (Wildman–Crippen LogP) is 2.64.